The third-order valence-corrected chi connectivity index (χ3v) is 6.58. The van der Waals surface area contributed by atoms with Gasteiger partial charge in [-0.1, -0.05) is 18.2 Å². The van der Waals surface area contributed by atoms with Gasteiger partial charge in [0.2, 0.25) is 5.91 Å². The van der Waals surface area contributed by atoms with E-state index in [1.165, 1.54) is 11.3 Å². The highest BCUT2D eigenvalue weighted by atomic mass is 32.1. The van der Waals surface area contributed by atoms with E-state index in [1.54, 1.807) is 51.7 Å². The normalized spacial score (nSPS) is 15.1. The van der Waals surface area contributed by atoms with Gasteiger partial charge in [-0.2, -0.15) is 0 Å². The van der Waals surface area contributed by atoms with Gasteiger partial charge in [-0.15, -0.1) is 11.3 Å². The number of hydrogen-bond donors (Lipinski definition) is 2. The van der Waals surface area contributed by atoms with Crippen LogP contribution in [0.4, 0.5) is 5.69 Å². The molecular formula is C23H21NO6S. The molecule has 31 heavy (non-hydrogen) atoms. The minimum atomic E-state index is -1.04. The van der Waals surface area contributed by atoms with Crippen molar-refractivity contribution in [1.29, 1.82) is 0 Å². The number of carbonyl (C=O) groups excluding carboxylic acids is 1. The highest BCUT2D eigenvalue weighted by molar-refractivity contribution is 7.15. The van der Waals surface area contributed by atoms with E-state index >= 15 is 0 Å². The number of carbonyl (C=O) groups is 2. The SMILES string of the molecule is COc1ccc(-c2c(C(=O)O)sc3c2NC(=O)C[C@@H]3c2ccc(OC)c(OC)c2)cc1. The fourth-order valence-corrected chi connectivity index (χ4v) is 5.06. The second-order valence-electron chi connectivity index (χ2n) is 7.00. The second kappa shape index (κ2) is 8.31. The second-order valence-corrected chi connectivity index (χ2v) is 8.05. The summed E-state index contributed by atoms with van der Waals surface area (Å²) in [7, 11) is 4.68. The van der Waals surface area contributed by atoms with Gasteiger partial charge in [-0.25, -0.2) is 4.79 Å². The first kappa shape index (κ1) is 20.7. The van der Waals surface area contributed by atoms with Gasteiger partial charge in [0.1, 0.15) is 10.6 Å². The number of aromatic carboxylic acids is 1. The van der Waals surface area contributed by atoms with E-state index in [9.17, 15) is 14.7 Å². The zero-order valence-electron chi connectivity index (χ0n) is 17.2. The van der Waals surface area contributed by atoms with Gasteiger partial charge in [0.15, 0.2) is 11.5 Å². The molecule has 0 spiro atoms. The molecule has 1 atom stereocenters. The largest absolute Gasteiger partial charge is 0.497 e. The Labute approximate surface area is 183 Å². The Bertz CT molecular complexity index is 1150. The maximum atomic E-state index is 12.6. The van der Waals surface area contributed by atoms with Gasteiger partial charge in [0.05, 0.1) is 27.0 Å². The van der Waals surface area contributed by atoms with Crippen molar-refractivity contribution in [1.82, 2.24) is 0 Å². The minimum absolute atomic E-state index is 0.170. The van der Waals surface area contributed by atoms with Crippen LogP contribution in [0.3, 0.4) is 0 Å². The van der Waals surface area contributed by atoms with Crippen molar-refractivity contribution in [3.8, 4) is 28.4 Å². The molecule has 2 heterocycles. The van der Waals surface area contributed by atoms with Crippen molar-refractivity contribution < 1.29 is 28.9 Å². The number of carboxylic acids is 1. The summed E-state index contributed by atoms with van der Waals surface area (Å²) in [6, 6.07) is 12.6. The van der Waals surface area contributed by atoms with E-state index in [1.807, 2.05) is 12.1 Å². The lowest BCUT2D eigenvalue weighted by Gasteiger charge is -2.24. The molecule has 0 saturated heterocycles. The molecule has 0 bridgehead atoms. The molecule has 0 fully saturated rings. The van der Waals surface area contributed by atoms with Crippen LogP contribution in [-0.2, 0) is 4.79 Å². The molecule has 1 aliphatic rings. The van der Waals surface area contributed by atoms with E-state index in [2.05, 4.69) is 5.32 Å². The molecule has 3 aromatic rings. The lowest BCUT2D eigenvalue weighted by molar-refractivity contribution is -0.116. The van der Waals surface area contributed by atoms with E-state index < -0.39 is 5.97 Å². The molecular weight excluding hydrogens is 418 g/mol. The molecule has 2 aromatic carbocycles. The van der Waals surface area contributed by atoms with Gasteiger partial charge in [0.25, 0.3) is 0 Å². The van der Waals surface area contributed by atoms with E-state index in [-0.39, 0.29) is 23.1 Å². The quantitative estimate of drug-likeness (QED) is 0.582. The summed E-state index contributed by atoms with van der Waals surface area (Å²) in [4.78, 5) is 25.7. The van der Waals surface area contributed by atoms with Crippen LogP contribution in [0.15, 0.2) is 42.5 Å². The van der Waals surface area contributed by atoms with Gasteiger partial charge in [-0.3, -0.25) is 4.79 Å². The third kappa shape index (κ3) is 3.70. The van der Waals surface area contributed by atoms with Gasteiger partial charge >= 0.3 is 5.97 Å². The average molecular weight is 439 g/mol. The zero-order chi connectivity index (χ0) is 22.1. The van der Waals surface area contributed by atoms with Crippen LogP contribution in [0.2, 0.25) is 0 Å². The third-order valence-electron chi connectivity index (χ3n) is 5.29. The van der Waals surface area contributed by atoms with Gasteiger partial charge in [-0.05, 0) is 35.4 Å². The fourth-order valence-electron chi connectivity index (χ4n) is 3.81. The van der Waals surface area contributed by atoms with Crippen molar-refractivity contribution in [2.45, 2.75) is 12.3 Å². The number of methoxy groups -OCH3 is 3. The molecule has 1 aromatic heterocycles. The number of thiophene rings is 1. The van der Waals surface area contributed by atoms with E-state index in [0.717, 1.165) is 10.4 Å². The van der Waals surface area contributed by atoms with Crippen molar-refractivity contribution in [2.75, 3.05) is 26.6 Å². The molecule has 2 N–H and O–H groups in total. The molecule has 160 valence electrons. The molecule has 0 saturated carbocycles. The number of carboxylic acid groups (broad SMARTS) is 1. The molecule has 0 aliphatic carbocycles. The summed E-state index contributed by atoms with van der Waals surface area (Å²) in [5.41, 5.74) is 2.61. The highest BCUT2D eigenvalue weighted by Gasteiger charge is 2.34. The Morgan fingerprint density at radius 2 is 1.74 bits per heavy atom. The molecule has 0 unspecified atom stereocenters. The van der Waals surface area contributed by atoms with Gasteiger partial charge in [0, 0.05) is 22.8 Å². The number of fused-ring (bicyclic) bond motifs is 1. The molecule has 1 aliphatic heterocycles. The predicted octanol–water partition coefficient (Wildman–Crippen LogP) is 4.61. The molecule has 1 amide bonds. The number of anilines is 1. The summed E-state index contributed by atoms with van der Waals surface area (Å²) >= 11 is 1.19. The first-order valence-electron chi connectivity index (χ1n) is 9.53. The van der Waals surface area contributed by atoms with Crippen LogP contribution in [0, 0.1) is 0 Å². The number of nitrogens with one attached hydrogen (secondary N) is 1. The number of rotatable bonds is 6. The molecule has 8 heteroatoms. The summed E-state index contributed by atoms with van der Waals surface area (Å²) in [6.07, 6.45) is 0.212. The maximum absolute atomic E-state index is 12.6. The molecule has 4 rings (SSSR count). The summed E-state index contributed by atoms with van der Waals surface area (Å²) in [6.45, 7) is 0. The Balaban J connectivity index is 1.88. The van der Waals surface area contributed by atoms with Crippen molar-refractivity contribution in [3.05, 3.63) is 57.8 Å². The number of hydrogen-bond acceptors (Lipinski definition) is 6. The summed E-state index contributed by atoms with van der Waals surface area (Å²) in [5, 5.41) is 12.8. The van der Waals surface area contributed by atoms with Crippen LogP contribution in [0.1, 0.15) is 32.5 Å². The summed E-state index contributed by atoms with van der Waals surface area (Å²) in [5.74, 6) is 0.305. The summed E-state index contributed by atoms with van der Waals surface area (Å²) < 4.78 is 15.9. The lowest BCUT2D eigenvalue weighted by Crippen LogP contribution is -2.22. The van der Waals surface area contributed by atoms with Crippen LogP contribution >= 0.6 is 11.3 Å². The van der Waals surface area contributed by atoms with Crippen molar-refractivity contribution in [3.63, 3.8) is 0 Å². The fraction of sp³-hybridized carbons (Fsp3) is 0.217. The standard InChI is InChI=1S/C23H21NO6S/c1-28-14-7-4-12(5-8-14)19-20-21(31-22(19)23(26)27)15(11-18(25)24-20)13-6-9-16(29-2)17(10-13)30-3/h4-10,15H,11H2,1-3H3,(H,24,25)(H,26,27)/t15-/m1/s1. The number of ether oxygens (including phenoxy) is 3. The topological polar surface area (TPSA) is 94.1 Å². The smallest absolute Gasteiger partial charge is 0.346 e. The van der Waals surface area contributed by atoms with Crippen LogP contribution < -0.4 is 19.5 Å². The first-order valence-corrected chi connectivity index (χ1v) is 10.3. The first-order chi connectivity index (χ1) is 15.0. The van der Waals surface area contributed by atoms with Gasteiger partial charge < -0.3 is 24.6 Å². The van der Waals surface area contributed by atoms with Crippen LogP contribution in [-0.4, -0.2) is 38.3 Å². The predicted molar refractivity (Wildman–Crippen MR) is 118 cm³/mol. The molecule has 7 nitrogen and oxygen atoms in total. The Morgan fingerprint density at radius 1 is 1.03 bits per heavy atom. The monoisotopic (exact) mass is 439 g/mol. The minimum Gasteiger partial charge on any atom is -0.497 e. The Morgan fingerprint density at radius 3 is 2.35 bits per heavy atom. The van der Waals surface area contributed by atoms with Crippen LogP contribution in [0.5, 0.6) is 17.2 Å². The van der Waals surface area contributed by atoms with Crippen LogP contribution in [0.25, 0.3) is 11.1 Å². The van der Waals surface area contributed by atoms with E-state index in [4.69, 9.17) is 14.2 Å². The highest BCUT2D eigenvalue weighted by Crippen LogP contribution is 2.50. The molecule has 0 radical (unpaired) electrons. The lowest BCUT2D eigenvalue weighted by atomic mass is 9.88. The maximum Gasteiger partial charge on any atom is 0.346 e. The Hall–Kier alpha value is -3.52. The Kier molecular flexibility index (Phi) is 5.56. The number of amides is 1. The number of benzene rings is 2. The average Bonchev–Trinajstić information content (AvgIpc) is 3.17. The van der Waals surface area contributed by atoms with Crippen molar-refractivity contribution >= 4 is 28.9 Å². The van der Waals surface area contributed by atoms with E-state index in [0.29, 0.717) is 34.1 Å². The zero-order valence-corrected chi connectivity index (χ0v) is 18.0. The van der Waals surface area contributed by atoms with Crippen molar-refractivity contribution in [2.24, 2.45) is 0 Å².